The lowest BCUT2D eigenvalue weighted by Gasteiger charge is -1.94. The molecular formula is C7H9NO2S. The van der Waals surface area contributed by atoms with Gasteiger partial charge in [0.15, 0.2) is 0 Å². The molecule has 11 heavy (non-hydrogen) atoms. The summed E-state index contributed by atoms with van der Waals surface area (Å²) in [5.74, 6) is -0.404. The van der Waals surface area contributed by atoms with E-state index in [1.165, 1.54) is 6.08 Å². The lowest BCUT2D eigenvalue weighted by Crippen LogP contribution is -1.99. The summed E-state index contributed by atoms with van der Waals surface area (Å²) in [5.41, 5.74) is 0.499. The van der Waals surface area contributed by atoms with E-state index in [1.54, 1.807) is 13.8 Å². The summed E-state index contributed by atoms with van der Waals surface area (Å²) in [6.45, 7) is 3.75. The molecule has 0 fully saturated rings. The number of isothiocyanates is 1. The summed E-state index contributed by atoms with van der Waals surface area (Å²) in [6, 6.07) is 0. The van der Waals surface area contributed by atoms with E-state index in [0.29, 0.717) is 12.3 Å². The van der Waals surface area contributed by atoms with Crippen molar-refractivity contribution in [1.82, 2.24) is 0 Å². The molecule has 3 nitrogen and oxygen atoms in total. The number of esters is 1. The molecule has 4 heteroatoms. The number of ether oxygens (including phenoxy) is 1. The first-order valence-electron chi connectivity index (χ1n) is 3.13. The summed E-state index contributed by atoms with van der Waals surface area (Å²) in [6.07, 6.45) is 1.27. The Hall–Kier alpha value is -0.990. The minimum Gasteiger partial charge on any atom is -0.463 e. The van der Waals surface area contributed by atoms with Gasteiger partial charge in [-0.25, -0.2) is 4.79 Å². The molecule has 0 saturated carbocycles. The molecule has 0 spiro atoms. The number of carbonyl (C=O) groups excluding carboxylic acids is 1. The molecule has 0 saturated heterocycles. The molecule has 0 N–H and O–H groups in total. The van der Waals surface area contributed by atoms with Gasteiger partial charge >= 0.3 is 5.97 Å². The number of hydrogen-bond acceptors (Lipinski definition) is 4. The van der Waals surface area contributed by atoms with Crippen LogP contribution in [0.5, 0.6) is 0 Å². The van der Waals surface area contributed by atoms with Crippen LogP contribution in [-0.2, 0) is 9.53 Å². The van der Waals surface area contributed by atoms with E-state index < -0.39 is 5.97 Å². The van der Waals surface area contributed by atoms with Crippen molar-refractivity contribution in [1.29, 1.82) is 0 Å². The maximum atomic E-state index is 10.7. The monoisotopic (exact) mass is 171 g/mol. The normalized spacial score (nSPS) is 10.2. The summed E-state index contributed by atoms with van der Waals surface area (Å²) in [7, 11) is 0. The Morgan fingerprint density at radius 3 is 2.91 bits per heavy atom. The van der Waals surface area contributed by atoms with Gasteiger partial charge in [-0.1, -0.05) is 0 Å². The highest BCUT2D eigenvalue weighted by Gasteiger charge is 1.94. The lowest BCUT2D eigenvalue weighted by molar-refractivity contribution is -0.137. The fourth-order valence-corrected chi connectivity index (χ4v) is 0.603. The van der Waals surface area contributed by atoms with Crippen LogP contribution in [0.4, 0.5) is 0 Å². The molecule has 0 aliphatic rings. The zero-order valence-electron chi connectivity index (χ0n) is 6.46. The second-order valence-electron chi connectivity index (χ2n) is 1.74. The van der Waals surface area contributed by atoms with Gasteiger partial charge < -0.3 is 4.74 Å². The Labute approximate surface area is 70.8 Å². The quantitative estimate of drug-likeness (QED) is 0.280. The first kappa shape index (κ1) is 10.0. The second-order valence-corrected chi connectivity index (χ2v) is 1.92. The van der Waals surface area contributed by atoms with E-state index in [-0.39, 0.29) is 0 Å². The molecule has 0 atom stereocenters. The molecule has 0 aliphatic heterocycles. The standard InChI is InChI=1S/C7H9NO2S/c1-3-10-7(9)4-6(2)8-5-11/h4H,3H2,1-2H3/b6-4+. The average Bonchev–Trinajstić information content (AvgIpc) is 1.87. The van der Waals surface area contributed by atoms with Crippen molar-refractivity contribution in [3.63, 3.8) is 0 Å². The zero-order chi connectivity index (χ0) is 8.69. The van der Waals surface area contributed by atoms with Crippen LogP contribution in [0.2, 0.25) is 0 Å². The van der Waals surface area contributed by atoms with Crippen LogP contribution in [-0.4, -0.2) is 17.7 Å². The highest BCUT2D eigenvalue weighted by atomic mass is 32.1. The summed E-state index contributed by atoms with van der Waals surface area (Å²) < 4.78 is 4.62. The number of carbonyl (C=O) groups is 1. The third-order valence-electron chi connectivity index (χ3n) is 0.835. The summed E-state index contributed by atoms with van der Waals surface area (Å²) in [4.78, 5) is 14.3. The molecule has 0 aromatic rings. The molecule has 0 aromatic heterocycles. The van der Waals surface area contributed by atoms with Crippen molar-refractivity contribution >= 4 is 23.3 Å². The van der Waals surface area contributed by atoms with Crippen molar-refractivity contribution < 1.29 is 9.53 Å². The third kappa shape index (κ3) is 5.45. The number of aliphatic imine (C=N–C) groups is 1. The van der Waals surface area contributed by atoms with Gasteiger partial charge in [0.1, 0.15) is 0 Å². The van der Waals surface area contributed by atoms with Crippen LogP contribution in [0, 0.1) is 0 Å². The number of rotatable bonds is 3. The van der Waals surface area contributed by atoms with Gasteiger partial charge in [-0.2, -0.15) is 4.99 Å². The third-order valence-corrected chi connectivity index (χ3v) is 0.927. The molecular weight excluding hydrogens is 162 g/mol. The molecule has 0 amide bonds. The van der Waals surface area contributed by atoms with Gasteiger partial charge in [0.25, 0.3) is 0 Å². The highest BCUT2D eigenvalue weighted by molar-refractivity contribution is 7.78. The van der Waals surface area contributed by atoms with Crippen molar-refractivity contribution in [3.8, 4) is 0 Å². The highest BCUT2D eigenvalue weighted by Crippen LogP contribution is 1.93. The summed E-state index contributed by atoms with van der Waals surface area (Å²) in [5, 5.41) is 2.15. The molecule has 0 heterocycles. The Balaban J connectivity index is 4.07. The Morgan fingerprint density at radius 1 is 1.82 bits per heavy atom. The van der Waals surface area contributed by atoms with Gasteiger partial charge in [-0.15, -0.1) is 0 Å². The Kier molecular flexibility index (Phi) is 5.25. The largest absolute Gasteiger partial charge is 0.463 e. The maximum absolute atomic E-state index is 10.7. The van der Waals surface area contributed by atoms with E-state index in [0.717, 1.165) is 0 Å². The van der Waals surface area contributed by atoms with Gasteiger partial charge in [-0.05, 0) is 26.1 Å². The smallest absolute Gasteiger partial charge is 0.332 e. The Bertz CT molecular complexity index is 216. The minimum atomic E-state index is -0.404. The van der Waals surface area contributed by atoms with Crippen LogP contribution in [0.1, 0.15) is 13.8 Å². The maximum Gasteiger partial charge on any atom is 0.332 e. The minimum absolute atomic E-state index is 0.365. The zero-order valence-corrected chi connectivity index (χ0v) is 7.27. The van der Waals surface area contributed by atoms with Gasteiger partial charge in [0.05, 0.1) is 17.5 Å². The van der Waals surface area contributed by atoms with E-state index in [1.807, 2.05) is 0 Å². The van der Waals surface area contributed by atoms with Crippen LogP contribution in [0.25, 0.3) is 0 Å². The van der Waals surface area contributed by atoms with Crippen LogP contribution in [0.3, 0.4) is 0 Å². The van der Waals surface area contributed by atoms with Crippen LogP contribution < -0.4 is 0 Å². The Morgan fingerprint density at radius 2 is 2.45 bits per heavy atom. The number of thiocarbonyl (C=S) groups is 1. The average molecular weight is 171 g/mol. The molecule has 0 aliphatic carbocycles. The van der Waals surface area contributed by atoms with Crippen molar-refractivity contribution in [2.75, 3.05) is 6.61 Å². The van der Waals surface area contributed by atoms with Gasteiger partial charge in [-0.3, -0.25) is 0 Å². The molecule has 0 aromatic carbocycles. The first-order chi connectivity index (χ1) is 5.20. The van der Waals surface area contributed by atoms with Gasteiger partial charge in [0, 0.05) is 6.08 Å². The lowest BCUT2D eigenvalue weighted by atomic mass is 10.4. The van der Waals surface area contributed by atoms with Gasteiger partial charge in [0.2, 0.25) is 0 Å². The van der Waals surface area contributed by atoms with E-state index >= 15 is 0 Å². The van der Waals surface area contributed by atoms with E-state index in [4.69, 9.17) is 0 Å². The molecule has 0 radical (unpaired) electrons. The fraction of sp³-hybridized carbons (Fsp3) is 0.429. The topological polar surface area (TPSA) is 38.7 Å². The number of hydrogen-bond donors (Lipinski definition) is 0. The number of allylic oxidation sites excluding steroid dienone is 1. The van der Waals surface area contributed by atoms with Crippen molar-refractivity contribution in [3.05, 3.63) is 11.8 Å². The molecule has 0 rings (SSSR count). The fourth-order valence-electron chi connectivity index (χ4n) is 0.459. The predicted molar refractivity (Wildman–Crippen MR) is 45.4 cm³/mol. The predicted octanol–water partition coefficient (Wildman–Crippen LogP) is 1.56. The summed E-state index contributed by atoms with van der Waals surface area (Å²) >= 11 is 4.34. The van der Waals surface area contributed by atoms with E-state index in [2.05, 4.69) is 27.1 Å². The number of nitrogens with zero attached hydrogens (tertiary/aromatic N) is 1. The van der Waals surface area contributed by atoms with E-state index in [9.17, 15) is 4.79 Å². The first-order valence-corrected chi connectivity index (χ1v) is 3.54. The molecule has 0 bridgehead atoms. The van der Waals surface area contributed by atoms with Crippen molar-refractivity contribution in [2.24, 2.45) is 4.99 Å². The van der Waals surface area contributed by atoms with Crippen LogP contribution >= 0.6 is 12.2 Å². The second kappa shape index (κ2) is 5.77. The SMILES string of the molecule is CCOC(=O)/C=C(\C)N=C=S. The molecule has 0 unspecified atom stereocenters. The van der Waals surface area contributed by atoms with Crippen LogP contribution in [0.15, 0.2) is 16.8 Å². The van der Waals surface area contributed by atoms with Crippen molar-refractivity contribution in [2.45, 2.75) is 13.8 Å². The molecule has 60 valence electrons.